The highest BCUT2D eigenvalue weighted by molar-refractivity contribution is 5.78. The highest BCUT2D eigenvalue weighted by Crippen LogP contribution is 2.31. The van der Waals surface area contributed by atoms with Crippen molar-refractivity contribution in [3.8, 4) is 22.8 Å². The summed E-state index contributed by atoms with van der Waals surface area (Å²) in [5.41, 5.74) is 1.60. The van der Waals surface area contributed by atoms with E-state index in [-0.39, 0.29) is 6.03 Å². The third kappa shape index (κ3) is 3.09. The zero-order chi connectivity index (χ0) is 17.1. The van der Waals surface area contributed by atoms with Crippen LogP contribution in [-0.4, -0.2) is 47.8 Å². The van der Waals surface area contributed by atoms with Gasteiger partial charge in [-0.1, -0.05) is 12.8 Å². The maximum absolute atomic E-state index is 12.6. The Balaban J connectivity index is 1.81. The molecular formula is C18H23N3O3. The second-order valence-corrected chi connectivity index (χ2v) is 6.07. The third-order valence-corrected chi connectivity index (χ3v) is 4.66. The molecule has 3 rings (SSSR count). The van der Waals surface area contributed by atoms with Gasteiger partial charge in [-0.2, -0.15) is 0 Å². The molecule has 1 aliphatic carbocycles. The number of carbonyl (C=O) groups excluding carboxylic acids is 1. The topological polar surface area (TPSA) is 56.6 Å². The fourth-order valence-corrected chi connectivity index (χ4v) is 3.20. The van der Waals surface area contributed by atoms with Gasteiger partial charge in [-0.15, -0.1) is 0 Å². The first-order valence-corrected chi connectivity index (χ1v) is 8.17. The Morgan fingerprint density at radius 3 is 2.58 bits per heavy atom. The van der Waals surface area contributed by atoms with E-state index >= 15 is 0 Å². The first-order chi connectivity index (χ1) is 11.6. The lowest BCUT2D eigenvalue weighted by Crippen LogP contribution is -2.37. The van der Waals surface area contributed by atoms with Crippen molar-refractivity contribution in [2.24, 2.45) is 0 Å². The first kappa shape index (κ1) is 16.4. The normalized spacial score (nSPS) is 14.6. The molecule has 1 aromatic carbocycles. The Bertz CT molecular complexity index is 720. The molecule has 6 heteroatoms. The molecule has 24 heavy (non-hydrogen) atoms. The zero-order valence-electron chi connectivity index (χ0n) is 14.4. The summed E-state index contributed by atoms with van der Waals surface area (Å²) in [5.74, 6) is 1.30. The third-order valence-electron chi connectivity index (χ3n) is 4.66. The Labute approximate surface area is 142 Å². The number of carbonyl (C=O) groups is 1. The van der Waals surface area contributed by atoms with Gasteiger partial charge in [0.2, 0.25) is 0 Å². The number of methoxy groups -OCH3 is 2. The number of imidazole rings is 1. The van der Waals surface area contributed by atoms with Gasteiger partial charge in [-0.3, -0.25) is 4.57 Å². The Morgan fingerprint density at radius 2 is 1.92 bits per heavy atom. The molecule has 1 aromatic heterocycles. The molecule has 1 heterocycles. The Morgan fingerprint density at radius 1 is 1.21 bits per heavy atom. The Kier molecular flexibility index (Phi) is 4.74. The van der Waals surface area contributed by atoms with Crippen molar-refractivity contribution >= 4 is 6.03 Å². The van der Waals surface area contributed by atoms with Gasteiger partial charge in [-0.25, -0.2) is 9.78 Å². The fourth-order valence-electron chi connectivity index (χ4n) is 3.20. The summed E-state index contributed by atoms with van der Waals surface area (Å²) < 4.78 is 12.1. The number of aromatic nitrogens is 2. The van der Waals surface area contributed by atoms with Crippen molar-refractivity contribution in [3.63, 3.8) is 0 Å². The molecule has 1 aliphatic rings. The van der Waals surface area contributed by atoms with Gasteiger partial charge in [-0.05, 0) is 31.0 Å². The second-order valence-electron chi connectivity index (χ2n) is 6.07. The number of hydrogen-bond donors (Lipinski definition) is 0. The van der Waals surface area contributed by atoms with Gasteiger partial charge < -0.3 is 14.4 Å². The van der Waals surface area contributed by atoms with Gasteiger partial charge in [0, 0.05) is 24.8 Å². The standard InChI is InChI=1S/C18H23N3O3/c1-20(14-6-4-5-7-14)18(22)21-11-15(19-12-21)13-8-9-16(23-2)17(10-13)24-3/h8-12,14H,4-7H2,1-3H3. The van der Waals surface area contributed by atoms with Crippen LogP contribution in [-0.2, 0) is 0 Å². The first-order valence-electron chi connectivity index (χ1n) is 8.17. The predicted molar refractivity (Wildman–Crippen MR) is 91.6 cm³/mol. The molecule has 0 spiro atoms. The largest absolute Gasteiger partial charge is 0.493 e. The highest BCUT2D eigenvalue weighted by Gasteiger charge is 2.24. The molecule has 0 bridgehead atoms. The van der Waals surface area contributed by atoms with Gasteiger partial charge in [0.15, 0.2) is 11.5 Å². The molecule has 0 atom stereocenters. The van der Waals surface area contributed by atoms with Crippen LogP contribution in [0.4, 0.5) is 4.79 Å². The smallest absolute Gasteiger partial charge is 0.329 e. The lowest BCUT2D eigenvalue weighted by molar-refractivity contribution is 0.192. The lowest BCUT2D eigenvalue weighted by atomic mass is 10.1. The summed E-state index contributed by atoms with van der Waals surface area (Å²) in [7, 11) is 5.07. The van der Waals surface area contributed by atoms with Crippen molar-refractivity contribution in [1.29, 1.82) is 0 Å². The molecule has 1 fully saturated rings. The molecule has 0 radical (unpaired) electrons. The zero-order valence-corrected chi connectivity index (χ0v) is 14.4. The van der Waals surface area contributed by atoms with Crippen LogP contribution in [0.15, 0.2) is 30.7 Å². The summed E-state index contributed by atoms with van der Waals surface area (Å²) >= 11 is 0. The molecule has 0 saturated heterocycles. The van der Waals surface area contributed by atoms with E-state index in [0.29, 0.717) is 17.5 Å². The van der Waals surface area contributed by atoms with Crippen molar-refractivity contribution in [3.05, 3.63) is 30.7 Å². The minimum absolute atomic E-state index is 0.0406. The van der Waals surface area contributed by atoms with Crippen LogP contribution in [0.2, 0.25) is 0 Å². The molecule has 0 unspecified atom stereocenters. The molecule has 0 N–H and O–H groups in total. The van der Waals surface area contributed by atoms with E-state index in [4.69, 9.17) is 9.47 Å². The van der Waals surface area contributed by atoms with Crippen molar-refractivity contribution in [2.45, 2.75) is 31.7 Å². The van der Waals surface area contributed by atoms with Crippen LogP contribution in [0.5, 0.6) is 11.5 Å². The minimum Gasteiger partial charge on any atom is -0.493 e. The molecular weight excluding hydrogens is 306 g/mol. The quantitative estimate of drug-likeness (QED) is 0.862. The molecule has 1 saturated carbocycles. The number of hydrogen-bond acceptors (Lipinski definition) is 4. The number of amides is 1. The van der Waals surface area contributed by atoms with Crippen LogP contribution in [0.3, 0.4) is 0 Å². The maximum Gasteiger partial charge on any atom is 0.329 e. The summed E-state index contributed by atoms with van der Waals surface area (Å²) in [6.45, 7) is 0. The monoisotopic (exact) mass is 329 g/mol. The number of nitrogens with zero attached hydrogens (tertiary/aromatic N) is 3. The lowest BCUT2D eigenvalue weighted by Gasteiger charge is -2.23. The predicted octanol–water partition coefficient (Wildman–Crippen LogP) is 3.41. The van der Waals surface area contributed by atoms with Crippen LogP contribution in [0.25, 0.3) is 11.3 Å². The Hall–Kier alpha value is -2.50. The van der Waals surface area contributed by atoms with E-state index in [9.17, 15) is 4.79 Å². The van der Waals surface area contributed by atoms with Crippen LogP contribution in [0, 0.1) is 0 Å². The van der Waals surface area contributed by atoms with Gasteiger partial charge >= 0.3 is 6.03 Å². The average Bonchev–Trinajstić information content (AvgIpc) is 3.31. The maximum atomic E-state index is 12.6. The molecule has 0 aliphatic heterocycles. The molecule has 128 valence electrons. The minimum atomic E-state index is -0.0406. The van der Waals surface area contributed by atoms with Gasteiger partial charge in [0.1, 0.15) is 6.33 Å². The van der Waals surface area contributed by atoms with E-state index in [2.05, 4.69) is 4.98 Å². The average molecular weight is 329 g/mol. The molecule has 2 aromatic rings. The number of ether oxygens (including phenoxy) is 2. The van der Waals surface area contributed by atoms with Crippen molar-refractivity contribution in [1.82, 2.24) is 14.5 Å². The number of rotatable bonds is 4. The van der Waals surface area contributed by atoms with Crippen molar-refractivity contribution in [2.75, 3.05) is 21.3 Å². The van der Waals surface area contributed by atoms with Crippen LogP contribution >= 0.6 is 0 Å². The van der Waals surface area contributed by atoms with E-state index in [1.54, 1.807) is 31.3 Å². The molecule has 1 amide bonds. The van der Waals surface area contributed by atoms with Gasteiger partial charge in [0.25, 0.3) is 0 Å². The summed E-state index contributed by atoms with van der Waals surface area (Å²) in [4.78, 5) is 18.8. The van der Waals surface area contributed by atoms with E-state index in [1.807, 2.05) is 30.1 Å². The number of benzene rings is 1. The van der Waals surface area contributed by atoms with Crippen molar-refractivity contribution < 1.29 is 14.3 Å². The second kappa shape index (κ2) is 6.95. The van der Waals surface area contributed by atoms with E-state index < -0.39 is 0 Å². The highest BCUT2D eigenvalue weighted by atomic mass is 16.5. The molecule has 6 nitrogen and oxygen atoms in total. The van der Waals surface area contributed by atoms with E-state index in [0.717, 1.165) is 24.1 Å². The van der Waals surface area contributed by atoms with Crippen LogP contribution in [0.1, 0.15) is 25.7 Å². The summed E-state index contributed by atoms with van der Waals surface area (Å²) in [5, 5.41) is 0. The fraction of sp³-hybridized carbons (Fsp3) is 0.444. The van der Waals surface area contributed by atoms with E-state index in [1.165, 1.54) is 12.8 Å². The summed E-state index contributed by atoms with van der Waals surface area (Å²) in [6.07, 6.45) is 7.89. The summed E-state index contributed by atoms with van der Waals surface area (Å²) in [6, 6.07) is 5.89. The van der Waals surface area contributed by atoms with Gasteiger partial charge in [0.05, 0.1) is 19.9 Å². The SMILES string of the molecule is COc1ccc(-c2cn(C(=O)N(C)C3CCCC3)cn2)cc1OC. The van der Waals surface area contributed by atoms with Crippen LogP contribution < -0.4 is 9.47 Å².